The van der Waals surface area contributed by atoms with Crippen molar-refractivity contribution < 1.29 is 14.3 Å². The lowest BCUT2D eigenvalue weighted by Gasteiger charge is -2.22. The van der Waals surface area contributed by atoms with Gasteiger partial charge in [-0.1, -0.05) is 48.0 Å². The van der Waals surface area contributed by atoms with Crippen molar-refractivity contribution in [1.82, 2.24) is 10.6 Å². The third-order valence-corrected chi connectivity index (χ3v) is 5.63. The van der Waals surface area contributed by atoms with Gasteiger partial charge in [0.15, 0.2) is 18.1 Å². The van der Waals surface area contributed by atoms with Gasteiger partial charge in [-0.25, -0.2) is 0 Å². The fourth-order valence-electron chi connectivity index (χ4n) is 3.50. The van der Waals surface area contributed by atoms with E-state index in [2.05, 4.69) is 26.6 Å². The second-order valence-corrected chi connectivity index (χ2v) is 9.46. The van der Waals surface area contributed by atoms with Crippen molar-refractivity contribution in [2.75, 3.05) is 13.7 Å². The molecular formula is C22H35BrN2O3. The Bertz CT molecular complexity index is 635. The number of nitrogens with one attached hydrogen (secondary N) is 2. The van der Waals surface area contributed by atoms with E-state index in [0.717, 1.165) is 16.6 Å². The maximum atomic E-state index is 12.0. The van der Waals surface area contributed by atoms with Gasteiger partial charge in [-0.3, -0.25) is 4.79 Å². The van der Waals surface area contributed by atoms with Gasteiger partial charge in [-0.2, -0.15) is 0 Å². The van der Waals surface area contributed by atoms with Crippen LogP contribution in [0.4, 0.5) is 0 Å². The predicted molar refractivity (Wildman–Crippen MR) is 117 cm³/mol. The minimum atomic E-state index is -0.280. The Morgan fingerprint density at radius 3 is 2.36 bits per heavy atom. The predicted octanol–water partition coefficient (Wildman–Crippen LogP) is 4.95. The largest absolute Gasteiger partial charge is 0.493 e. The van der Waals surface area contributed by atoms with Crippen LogP contribution in [-0.2, 0) is 11.3 Å². The molecule has 0 heterocycles. The van der Waals surface area contributed by atoms with Crippen LogP contribution in [0, 0.1) is 0 Å². The van der Waals surface area contributed by atoms with Crippen LogP contribution in [0.25, 0.3) is 0 Å². The molecule has 1 fully saturated rings. The van der Waals surface area contributed by atoms with Crippen molar-refractivity contribution in [2.24, 2.45) is 0 Å². The fourth-order valence-corrected chi connectivity index (χ4v) is 3.96. The quantitative estimate of drug-likeness (QED) is 0.611. The summed E-state index contributed by atoms with van der Waals surface area (Å²) in [6.07, 6.45) is 9.20. The van der Waals surface area contributed by atoms with Crippen LogP contribution in [0.3, 0.4) is 0 Å². The standard InChI is InChI=1S/C22H35BrN2O3/c1-22(2,3)25-21(26)15-28-20-13-18(23)16(12-19(20)27-4)14-24-17-10-8-6-5-7-9-11-17/h12-13,17,24H,5-11,14-15H2,1-4H3,(H,25,26). The van der Waals surface area contributed by atoms with Gasteiger partial charge >= 0.3 is 0 Å². The molecule has 1 saturated carbocycles. The minimum Gasteiger partial charge on any atom is -0.493 e. The van der Waals surface area contributed by atoms with Crippen molar-refractivity contribution in [3.05, 3.63) is 22.2 Å². The summed E-state index contributed by atoms with van der Waals surface area (Å²) in [5, 5.41) is 6.60. The number of hydrogen-bond acceptors (Lipinski definition) is 4. The zero-order chi connectivity index (χ0) is 20.6. The van der Waals surface area contributed by atoms with Crippen LogP contribution < -0.4 is 20.1 Å². The third-order valence-electron chi connectivity index (χ3n) is 4.89. The summed E-state index contributed by atoms with van der Waals surface area (Å²) in [5.74, 6) is 1.05. The van der Waals surface area contributed by atoms with E-state index < -0.39 is 0 Å². The maximum Gasteiger partial charge on any atom is 0.258 e. The highest BCUT2D eigenvalue weighted by Gasteiger charge is 2.17. The molecule has 1 aliphatic carbocycles. The van der Waals surface area contributed by atoms with Gasteiger partial charge in [0.05, 0.1) is 7.11 Å². The normalized spacial score (nSPS) is 16.2. The molecule has 0 bridgehead atoms. The summed E-state index contributed by atoms with van der Waals surface area (Å²) in [7, 11) is 1.62. The fraction of sp³-hybridized carbons (Fsp3) is 0.682. The molecule has 0 unspecified atom stereocenters. The number of methoxy groups -OCH3 is 1. The molecule has 0 aliphatic heterocycles. The molecule has 6 heteroatoms. The number of carbonyl (C=O) groups excluding carboxylic acids is 1. The summed E-state index contributed by atoms with van der Waals surface area (Å²) in [5.41, 5.74) is 0.850. The molecule has 0 radical (unpaired) electrons. The number of hydrogen-bond donors (Lipinski definition) is 2. The Morgan fingerprint density at radius 2 is 1.75 bits per heavy atom. The number of halogens is 1. The molecule has 28 heavy (non-hydrogen) atoms. The molecule has 158 valence electrons. The van der Waals surface area contributed by atoms with Gasteiger partial charge in [-0.05, 0) is 51.3 Å². The van der Waals surface area contributed by atoms with Crippen molar-refractivity contribution >= 4 is 21.8 Å². The van der Waals surface area contributed by atoms with E-state index in [4.69, 9.17) is 9.47 Å². The molecule has 1 amide bonds. The topological polar surface area (TPSA) is 59.6 Å². The first kappa shape index (κ1) is 23.0. The van der Waals surface area contributed by atoms with Gasteiger partial charge < -0.3 is 20.1 Å². The minimum absolute atomic E-state index is 0.0419. The highest BCUT2D eigenvalue weighted by atomic mass is 79.9. The van der Waals surface area contributed by atoms with Crippen LogP contribution in [0.15, 0.2) is 16.6 Å². The smallest absolute Gasteiger partial charge is 0.258 e. The Kier molecular flexibility index (Phi) is 9.09. The second-order valence-electron chi connectivity index (χ2n) is 8.60. The van der Waals surface area contributed by atoms with Gasteiger partial charge in [0, 0.05) is 22.6 Å². The number of ether oxygens (including phenoxy) is 2. The van der Waals surface area contributed by atoms with Crippen LogP contribution >= 0.6 is 15.9 Å². The van der Waals surface area contributed by atoms with E-state index >= 15 is 0 Å². The summed E-state index contributed by atoms with van der Waals surface area (Å²) in [6, 6.07) is 4.45. The highest BCUT2D eigenvalue weighted by Crippen LogP contribution is 2.34. The maximum absolute atomic E-state index is 12.0. The molecular weight excluding hydrogens is 420 g/mol. The first-order valence-electron chi connectivity index (χ1n) is 10.3. The SMILES string of the molecule is COc1cc(CNC2CCCCCCC2)c(Br)cc1OCC(=O)NC(C)(C)C. The van der Waals surface area contributed by atoms with Gasteiger partial charge in [0.25, 0.3) is 5.91 Å². The van der Waals surface area contributed by atoms with Gasteiger partial charge in [-0.15, -0.1) is 0 Å². The Balaban J connectivity index is 1.96. The number of amides is 1. The average molecular weight is 455 g/mol. The highest BCUT2D eigenvalue weighted by molar-refractivity contribution is 9.10. The Labute approximate surface area is 178 Å². The van der Waals surface area contributed by atoms with Crippen molar-refractivity contribution in [3.8, 4) is 11.5 Å². The van der Waals surface area contributed by atoms with E-state index in [1.54, 1.807) is 7.11 Å². The van der Waals surface area contributed by atoms with E-state index in [-0.39, 0.29) is 18.1 Å². The van der Waals surface area contributed by atoms with Gasteiger partial charge in [0.1, 0.15) is 0 Å². The van der Waals surface area contributed by atoms with E-state index in [1.165, 1.54) is 44.9 Å². The molecule has 1 aromatic carbocycles. The summed E-state index contributed by atoms with van der Waals surface area (Å²) in [6.45, 7) is 6.58. The van der Waals surface area contributed by atoms with Crippen molar-refractivity contribution in [2.45, 2.75) is 83.8 Å². The molecule has 5 nitrogen and oxygen atoms in total. The lowest BCUT2D eigenvalue weighted by molar-refractivity contribution is -0.124. The van der Waals surface area contributed by atoms with Crippen LogP contribution in [-0.4, -0.2) is 31.2 Å². The molecule has 1 aliphatic rings. The molecule has 0 saturated heterocycles. The van der Waals surface area contributed by atoms with Crippen LogP contribution in [0.2, 0.25) is 0 Å². The Morgan fingerprint density at radius 1 is 1.11 bits per heavy atom. The van der Waals surface area contributed by atoms with Crippen LogP contribution in [0.1, 0.15) is 71.3 Å². The lowest BCUT2D eigenvalue weighted by atomic mass is 9.96. The van der Waals surface area contributed by atoms with Crippen molar-refractivity contribution in [1.29, 1.82) is 0 Å². The summed E-state index contributed by atoms with van der Waals surface area (Å²) >= 11 is 3.64. The average Bonchev–Trinajstić information content (AvgIpc) is 2.58. The molecule has 1 aromatic rings. The third kappa shape index (κ3) is 8.00. The number of carbonyl (C=O) groups is 1. The molecule has 0 atom stereocenters. The first-order valence-corrected chi connectivity index (χ1v) is 11.1. The molecule has 0 aromatic heterocycles. The first-order chi connectivity index (χ1) is 13.3. The Hall–Kier alpha value is -1.27. The van der Waals surface area contributed by atoms with Crippen LogP contribution in [0.5, 0.6) is 11.5 Å². The second kappa shape index (κ2) is 11.1. The van der Waals surface area contributed by atoms with E-state index in [0.29, 0.717) is 17.5 Å². The lowest BCUT2D eigenvalue weighted by Crippen LogP contribution is -2.43. The molecule has 2 rings (SSSR count). The number of rotatable bonds is 7. The summed E-state index contributed by atoms with van der Waals surface area (Å²) in [4.78, 5) is 12.0. The zero-order valence-electron chi connectivity index (χ0n) is 17.7. The zero-order valence-corrected chi connectivity index (χ0v) is 19.3. The number of benzene rings is 1. The van der Waals surface area contributed by atoms with E-state index in [1.807, 2.05) is 32.9 Å². The van der Waals surface area contributed by atoms with Gasteiger partial charge in [0.2, 0.25) is 0 Å². The van der Waals surface area contributed by atoms with E-state index in [9.17, 15) is 4.79 Å². The monoisotopic (exact) mass is 454 g/mol. The molecule has 0 spiro atoms. The van der Waals surface area contributed by atoms with Crippen molar-refractivity contribution in [3.63, 3.8) is 0 Å². The summed E-state index contributed by atoms with van der Waals surface area (Å²) < 4.78 is 12.2. The molecule has 2 N–H and O–H groups in total.